The van der Waals surface area contributed by atoms with Crippen LogP contribution in [0.3, 0.4) is 0 Å². The van der Waals surface area contributed by atoms with Gasteiger partial charge in [-0.1, -0.05) is 18.5 Å². The van der Waals surface area contributed by atoms with E-state index < -0.39 is 4.92 Å². The van der Waals surface area contributed by atoms with Crippen molar-refractivity contribution in [1.82, 2.24) is 4.90 Å². The van der Waals surface area contributed by atoms with E-state index in [4.69, 9.17) is 11.6 Å². The minimum atomic E-state index is -0.522. The Balaban J connectivity index is 1.98. The molecule has 6 nitrogen and oxygen atoms in total. The Hall–Kier alpha value is -1.31. The van der Waals surface area contributed by atoms with Crippen LogP contribution in [0.25, 0.3) is 0 Å². The van der Waals surface area contributed by atoms with E-state index in [0.717, 1.165) is 12.3 Å². The van der Waals surface area contributed by atoms with E-state index in [9.17, 15) is 14.9 Å². The van der Waals surface area contributed by atoms with Crippen LogP contribution in [-0.2, 0) is 4.79 Å². The molecule has 1 heterocycles. The van der Waals surface area contributed by atoms with Gasteiger partial charge in [0.15, 0.2) is 0 Å². The third-order valence-electron chi connectivity index (χ3n) is 3.80. The van der Waals surface area contributed by atoms with Crippen LogP contribution in [0, 0.1) is 10.1 Å². The Morgan fingerprint density at radius 1 is 1.55 bits per heavy atom. The highest BCUT2D eigenvalue weighted by atomic mass is 35.5. The minimum absolute atomic E-state index is 0.0986. The van der Waals surface area contributed by atoms with E-state index in [1.54, 1.807) is 0 Å². The number of non-ortho nitro benzene ring substituents is 1. The van der Waals surface area contributed by atoms with Gasteiger partial charge in [-0.05, 0) is 13.0 Å². The number of nitrogens with one attached hydrogen (secondary N) is 1. The van der Waals surface area contributed by atoms with Crippen molar-refractivity contribution in [3.8, 4) is 0 Å². The number of halogens is 1. The van der Waals surface area contributed by atoms with Crippen LogP contribution in [-0.4, -0.2) is 45.9 Å². The van der Waals surface area contributed by atoms with Crippen molar-refractivity contribution in [3.05, 3.63) is 33.3 Å². The van der Waals surface area contributed by atoms with Gasteiger partial charge in [-0.3, -0.25) is 19.8 Å². The summed E-state index contributed by atoms with van der Waals surface area (Å²) in [7, 11) is 0. The van der Waals surface area contributed by atoms with Gasteiger partial charge in [-0.15, -0.1) is 0 Å². The predicted molar refractivity (Wildman–Crippen MR) is 89.7 cm³/mol. The topological polar surface area (TPSA) is 75.5 Å². The second-order valence-electron chi connectivity index (χ2n) is 5.26. The molecule has 1 aromatic rings. The molecule has 1 fully saturated rings. The van der Waals surface area contributed by atoms with Crippen molar-refractivity contribution >= 4 is 40.6 Å². The average Bonchev–Trinajstić information content (AvgIpc) is 2.46. The number of nitro groups is 1. The fourth-order valence-electron chi connectivity index (χ4n) is 2.31. The maximum Gasteiger partial charge on any atom is 0.271 e. The zero-order valence-corrected chi connectivity index (χ0v) is 14.0. The second-order valence-corrected chi connectivity index (χ2v) is 7.15. The van der Waals surface area contributed by atoms with Gasteiger partial charge in [0.1, 0.15) is 0 Å². The molecule has 1 saturated heterocycles. The molecule has 1 N–H and O–H groups in total. The van der Waals surface area contributed by atoms with E-state index in [-0.39, 0.29) is 16.6 Å². The lowest BCUT2D eigenvalue weighted by Crippen LogP contribution is -2.47. The van der Waals surface area contributed by atoms with Crippen LogP contribution in [0.1, 0.15) is 13.8 Å². The maximum absolute atomic E-state index is 12.2. The number of nitrogens with zero attached hydrogens (tertiary/aromatic N) is 2. The Labute approximate surface area is 138 Å². The highest BCUT2D eigenvalue weighted by Crippen LogP contribution is 2.27. The lowest BCUT2D eigenvalue weighted by molar-refractivity contribution is -0.384. The van der Waals surface area contributed by atoms with Gasteiger partial charge in [0.25, 0.3) is 5.69 Å². The second kappa shape index (κ2) is 7.30. The Bertz CT molecular complexity index is 584. The van der Waals surface area contributed by atoms with Crippen LogP contribution < -0.4 is 5.32 Å². The van der Waals surface area contributed by atoms with Crippen LogP contribution in [0.5, 0.6) is 0 Å². The molecule has 0 aliphatic carbocycles. The van der Waals surface area contributed by atoms with Crippen molar-refractivity contribution in [2.45, 2.75) is 25.1 Å². The number of hydrogen-bond donors (Lipinski definition) is 1. The number of anilines is 1. The van der Waals surface area contributed by atoms with Gasteiger partial charge in [-0.25, -0.2) is 0 Å². The standard InChI is InChI=1S/C14H18ClN3O3S/c1-9-10(2)22-6-5-17(9)8-14(19)16-13-4-3-11(18(20)21)7-12(13)15/h3-4,7,9-10H,5-6,8H2,1-2H3,(H,16,19). The minimum Gasteiger partial charge on any atom is -0.324 e. The van der Waals surface area contributed by atoms with Gasteiger partial charge in [-0.2, -0.15) is 11.8 Å². The molecular formula is C14H18ClN3O3S. The number of nitro benzene ring substituents is 1. The lowest BCUT2D eigenvalue weighted by atomic mass is 10.2. The smallest absolute Gasteiger partial charge is 0.271 e. The third-order valence-corrected chi connectivity index (χ3v) is 5.45. The highest BCUT2D eigenvalue weighted by molar-refractivity contribution is 8.00. The van der Waals surface area contributed by atoms with Gasteiger partial charge < -0.3 is 5.32 Å². The van der Waals surface area contributed by atoms with Gasteiger partial charge in [0.2, 0.25) is 5.91 Å². The van der Waals surface area contributed by atoms with Crippen molar-refractivity contribution in [2.24, 2.45) is 0 Å². The molecule has 2 unspecified atom stereocenters. The molecule has 1 amide bonds. The largest absolute Gasteiger partial charge is 0.324 e. The van der Waals surface area contributed by atoms with E-state index in [0.29, 0.717) is 23.5 Å². The normalized spacial score (nSPS) is 22.3. The number of benzene rings is 1. The molecule has 0 radical (unpaired) electrons. The van der Waals surface area contributed by atoms with E-state index in [2.05, 4.69) is 24.1 Å². The lowest BCUT2D eigenvalue weighted by Gasteiger charge is -2.36. The zero-order valence-electron chi connectivity index (χ0n) is 12.4. The maximum atomic E-state index is 12.2. The number of amides is 1. The average molecular weight is 344 g/mol. The number of thioether (sulfide) groups is 1. The Morgan fingerprint density at radius 2 is 2.27 bits per heavy atom. The SMILES string of the molecule is CC1SCCN(CC(=O)Nc2ccc([N+](=O)[O-])cc2Cl)C1C. The zero-order chi connectivity index (χ0) is 16.3. The number of hydrogen-bond acceptors (Lipinski definition) is 5. The van der Waals surface area contributed by atoms with Crippen LogP contribution in [0.4, 0.5) is 11.4 Å². The van der Waals surface area contributed by atoms with Gasteiger partial charge >= 0.3 is 0 Å². The third kappa shape index (κ3) is 4.12. The fourth-order valence-corrected chi connectivity index (χ4v) is 3.70. The predicted octanol–water partition coefficient (Wildman–Crippen LogP) is 3.01. The summed E-state index contributed by atoms with van der Waals surface area (Å²) >= 11 is 7.89. The first-order valence-corrected chi connectivity index (χ1v) is 8.40. The van der Waals surface area contributed by atoms with Gasteiger partial charge in [0, 0.05) is 35.7 Å². The summed E-state index contributed by atoms with van der Waals surface area (Å²) in [5.41, 5.74) is 0.294. The van der Waals surface area contributed by atoms with Crippen molar-refractivity contribution in [1.29, 1.82) is 0 Å². The molecule has 0 aromatic heterocycles. The summed E-state index contributed by atoms with van der Waals surface area (Å²) < 4.78 is 0. The summed E-state index contributed by atoms with van der Waals surface area (Å²) in [4.78, 5) is 24.4. The van der Waals surface area contributed by atoms with Crippen molar-refractivity contribution < 1.29 is 9.72 Å². The molecular weight excluding hydrogens is 326 g/mol. The summed E-state index contributed by atoms with van der Waals surface area (Å²) in [6, 6.07) is 4.34. The molecule has 2 atom stereocenters. The molecule has 120 valence electrons. The fraction of sp³-hybridized carbons (Fsp3) is 0.500. The van der Waals surface area contributed by atoms with Crippen LogP contribution in [0.2, 0.25) is 5.02 Å². The van der Waals surface area contributed by atoms with Crippen molar-refractivity contribution in [3.63, 3.8) is 0 Å². The highest BCUT2D eigenvalue weighted by Gasteiger charge is 2.26. The number of carbonyl (C=O) groups is 1. The molecule has 22 heavy (non-hydrogen) atoms. The Kier molecular flexibility index (Phi) is 5.66. The van der Waals surface area contributed by atoms with Crippen molar-refractivity contribution in [2.75, 3.05) is 24.2 Å². The number of carbonyl (C=O) groups excluding carboxylic acids is 1. The summed E-state index contributed by atoms with van der Waals surface area (Å²) in [5, 5.41) is 14.0. The molecule has 1 aliphatic heterocycles. The first kappa shape index (κ1) is 17.1. The number of rotatable bonds is 4. The molecule has 0 bridgehead atoms. The molecule has 1 aromatic carbocycles. The van der Waals surface area contributed by atoms with E-state index >= 15 is 0 Å². The van der Waals surface area contributed by atoms with E-state index in [1.165, 1.54) is 18.2 Å². The Morgan fingerprint density at radius 3 is 2.91 bits per heavy atom. The van der Waals surface area contributed by atoms with Gasteiger partial charge in [0.05, 0.1) is 22.2 Å². The molecule has 0 saturated carbocycles. The summed E-state index contributed by atoms with van der Waals surface area (Å²) in [5.74, 6) is 0.846. The van der Waals surface area contributed by atoms with Crippen LogP contribution >= 0.6 is 23.4 Å². The molecule has 0 spiro atoms. The monoisotopic (exact) mass is 343 g/mol. The summed E-state index contributed by atoms with van der Waals surface area (Å²) in [6.07, 6.45) is 0. The first-order chi connectivity index (χ1) is 10.4. The molecule has 8 heteroatoms. The molecule has 1 aliphatic rings. The van der Waals surface area contributed by atoms with Crippen LogP contribution in [0.15, 0.2) is 18.2 Å². The summed E-state index contributed by atoms with van der Waals surface area (Å²) in [6.45, 7) is 5.44. The quantitative estimate of drug-likeness (QED) is 0.671. The molecule has 2 rings (SSSR count). The first-order valence-electron chi connectivity index (χ1n) is 6.98. The van der Waals surface area contributed by atoms with E-state index in [1.807, 2.05) is 11.8 Å².